The van der Waals surface area contributed by atoms with Gasteiger partial charge in [-0.05, 0) is 32.7 Å². The van der Waals surface area contributed by atoms with Gasteiger partial charge in [0.2, 0.25) is 0 Å². The van der Waals surface area contributed by atoms with Gasteiger partial charge in [-0.15, -0.1) is 0 Å². The molecule has 1 rings (SSSR count). The van der Waals surface area contributed by atoms with Gasteiger partial charge in [0.1, 0.15) is 5.82 Å². The third kappa shape index (κ3) is 4.77. The Balaban J connectivity index is 2.18. The number of aryl methyl sites for hydroxylation is 1. The molecule has 0 fully saturated rings. The molecule has 0 spiro atoms. The number of aromatic nitrogens is 2. The van der Waals surface area contributed by atoms with Crippen molar-refractivity contribution < 1.29 is 5.11 Å². The number of nitrogens with zero attached hydrogens (tertiary/aromatic N) is 2. The van der Waals surface area contributed by atoms with Gasteiger partial charge in [0, 0.05) is 18.9 Å². The fourth-order valence-electron chi connectivity index (χ4n) is 1.67. The van der Waals surface area contributed by atoms with Crippen molar-refractivity contribution in [1.29, 1.82) is 0 Å². The molecule has 4 nitrogen and oxygen atoms in total. The summed E-state index contributed by atoms with van der Waals surface area (Å²) in [5.74, 6) is 1.10. The molecule has 16 heavy (non-hydrogen) atoms. The summed E-state index contributed by atoms with van der Waals surface area (Å²) in [6, 6.07) is 0. The van der Waals surface area contributed by atoms with E-state index in [1.165, 1.54) is 0 Å². The number of imidazole rings is 1. The van der Waals surface area contributed by atoms with E-state index in [0.29, 0.717) is 0 Å². The molecule has 1 heterocycles. The van der Waals surface area contributed by atoms with Crippen molar-refractivity contribution in [3.05, 3.63) is 18.2 Å². The van der Waals surface area contributed by atoms with Crippen molar-refractivity contribution in [2.75, 3.05) is 6.54 Å². The lowest BCUT2D eigenvalue weighted by Gasteiger charge is -2.08. The van der Waals surface area contributed by atoms with Crippen LogP contribution >= 0.6 is 0 Å². The van der Waals surface area contributed by atoms with E-state index in [0.717, 1.165) is 44.7 Å². The highest BCUT2D eigenvalue weighted by Gasteiger charge is 2.01. The highest BCUT2D eigenvalue weighted by atomic mass is 16.3. The van der Waals surface area contributed by atoms with Gasteiger partial charge in [-0.25, -0.2) is 4.98 Å². The summed E-state index contributed by atoms with van der Waals surface area (Å²) < 4.78 is 2.18. The van der Waals surface area contributed by atoms with Crippen LogP contribution < -0.4 is 5.32 Å². The average molecular weight is 225 g/mol. The lowest BCUT2D eigenvalue weighted by molar-refractivity contribution is 0.181. The molecule has 0 radical (unpaired) electrons. The molecule has 0 saturated carbocycles. The Labute approximate surface area is 97.7 Å². The minimum absolute atomic E-state index is 0.191. The first kappa shape index (κ1) is 13.2. The van der Waals surface area contributed by atoms with Gasteiger partial charge in [0.25, 0.3) is 0 Å². The molecule has 0 aromatic carbocycles. The summed E-state index contributed by atoms with van der Waals surface area (Å²) in [6.07, 6.45) is 6.68. The van der Waals surface area contributed by atoms with Gasteiger partial charge in [0.15, 0.2) is 0 Å². The minimum atomic E-state index is -0.191. The monoisotopic (exact) mass is 225 g/mol. The maximum absolute atomic E-state index is 9.11. The molecule has 0 aliphatic heterocycles. The van der Waals surface area contributed by atoms with Crippen LogP contribution in [-0.4, -0.2) is 27.3 Å². The first-order valence-corrected chi connectivity index (χ1v) is 6.12. The third-order valence-corrected chi connectivity index (χ3v) is 2.52. The number of hydrogen-bond donors (Lipinski definition) is 2. The molecule has 0 saturated heterocycles. The predicted molar refractivity (Wildman–Crippen MR) is 65.1 cm³/mol. The average Bonchev–Trinajstić information content (AvgIpc) is 2.65. The van der Waals surface area contributed by atoms with Crippen molar-refractivity contribution >= 4 is 0 Å². The SMILES string of the molecule is CCCn1ccnc1CNCCCC(C)O. The number of aliphatic hydroxyl groups is 1. The largest absolute Gasteiger partial charge is 0.393 e. The Bertz CT molecular complexity index is 284. The van der Waals surface area contributed by atoms with E-state index in [1.807, 2.05) is 19.3 Å². The summed E-state index contributed by atoms with van der Waals surface area (Å²) in [7, 11) is 0. The van der Waals surface area contributed by atoms with Gasteiger partial charge >= 0.3 is 0 Å². The van der Waals surface area contributed by atoms with E-state index >= 15 is 0 Å². The topological polar surface area (TPSA) is 50.1 Å². The van der Waals surface area contributed by atoms with Crippen molar-refractivity contribution in [2.45, 2.75) is 52.3 Å². The summed E-state index contributed by atoms with van der Waals surface area (Å²) in [5, 5.41) is 12.5. The van der Waals surface area contributed by atoms with E-state index in [9.17, 15) is 0 Å². The third-order valence-electron chi connectivity index (χ3n) is 2.52. The highest BCUT2D eigenvalue weighted by Crippen LogP contribution is 1.99. The fraction of sp³-hybridized carbons (Fsp3) is 0.750. The summed E-state index contributed by atoms with van der Waals surface area (Å²) in [5.41, 5.74) is 0. The molecule has 0 aliphatic rings. The van der Waals surface area contributed by atoms with Gasteiger partial charge in [-0.2, -0.15) is 0 Å². The molecule has 1 unspecified atom stereocenters. The van der Waals surface area contributed by atoms with Crippen LogP contribution in [0.3, 0.4) is 0 Å². The quantitative estimate of drug-likeness (QED) is 0.660. The Morgan fingerprint density at radius 3 is 3.06 bits per heavy atom. The zero-order valence-electron chi connectivity index (χ0n) is 10.3. The molecule has 1 aromatic heterocycles. The lowest BCUT2D eigenvalue weighted by Crippen LogP contribution is -2.19. The van der Waals surface area contributed by atoms with E-state index in [2.05, 4.69) is 21.8 Å². The lowest BCUT2D eigenvalue weighted by atomic mass is 10.2. The molecule has 0 bridgehead atoms. The molecule has 1 aromatic rings. The van der Waals surface area contributed by atoms with Gasteiger partial charge in [-0.1, -0.05) is 6.92 Å². The van der Waals surface area contributed by atoms with E-state index in [1.54, 1.807) is 0 Å². The van der Waals surface area contributed by atoms with Crippen LogP contribution in [0.5, 0.6) is 0 Å². The second-order valence-electron chi connectivity index (χ2n) is 4.20. The van der Waals surface area contributed by atoms with Crippen molar-refractivity contribution in [1.82, 2.24) is 14.9 Å². The van der Waals surface area contributed by atoms with Gasteiger partial charge in [-0.3, -0.25) is 0 Å². The van der Waals surface area contributed by atoms with E-state index in [4.69, 9.17) is 5.11 Å². The zero-order valence-corrected chi connectivity index (χ0v) is 10.3. The molecular formula is C12H23N3O. The van der Waals surface area contributed by atoms with Crippen LogP contribution in [-0.2, 0) is 13.1 Å². The standard InChI is InChI=1S/C12H23N3O/c1-3-8-15-9-7-14-12(15)10-13-6-4-5-11(2)16/h7,9,11,13,16H,3-6,8,10H2,1-2H3. The predicted octanol–water partition coefficient (Wildman–Crippen LogP) is 1.54. The Morgan fingerprint density at radius 1 is 1.56 bits per heavy atom. The normalized spacial score (nSPS) is 12.9. The van der Waals surface area contributed by atoms with E-state index in [-0.39, 0.29) is 6.10 Å². The summed E-state index contributed by atoms with van der Waals surface area (Å²) in [4.78, 5) is 4.32. The second kappa shape index (κ2) is 7.41. The number of hydrogen-bond acceptors (Lipinski definition) is 3. The Kier molecular flexibility index (Phi) is 6.11. The number of nitrogens with one attached hydrogen (secondary N) is 1. The van der Waals surface area contributed by atoms with Crippen molar-refractivity contribution in [3.63, 3.8) is 0 Å². The van der Waals surface area contributed by atoms with Crippen molar-refractivity contribution in [3.8, 4) is 0 Å². The van der Waals surface area contributed by atoms with Gasteiger partial charge in [0.05, 0.1) is 12.6 Å². The highest BCUT2D eigenvalue weighted by molar-refractivity contribution is 4.91. The number of rotatable bonds is 8. The first-order chi connectivity index (χ1) is 7.74. The molecule has 92 valence electrons. The molecule has 2 N–H and O–H groups in total. The molecule has 0 amide bonds. The Hall–Kier alpha value is -0.870. The molecule has 0 aliphatic carbocycles. The number of aliphatic hydroxyl groups excluding tert-OH is 1. The van der Waals surface area contributed by atoms with Crippen LogP contribution in [0.25, 0.3) is 0 Å². The fourth-order valence-corrected chi connectivity index (χ4v) is 1.67. The minimum Gasteiger partial charge on any atom is -0.393 e. The van der Waals surface area contributed by atoms with Crippen LogP contribution in [0, 0.1) is 0 Å². The smallest absolute Gasteiger partial charge is 0.122 e. The molecule has 4 heteroatoms. The van der Waals surface area contributed by atoms with E-state index < -0.39 is 0 Å². The second-order valence-corrected chi connectivity index (χ2v) is 4.20. The Morgan fingerprint density at radius 2 is 2.38 bits per heavy atom. The van der Waals surface area contributed by atoms with Crippen molar-refractivity contribution in [2.24, 2.45) is 0 Å². The maximum atomic E-state index is 9.11. The van der Waals surface area contributed by atoms with Crippen LogP contribution in [0.1, 0.15) is 38.9 Å². The summed E-state index contributed by atoms with van der Waals surface area (Å²) in [6.45, 7) is 6.77. The van der Waals surface area contributed by atoms with Crippen LogP contribution in [0.2, 0.25) is 0 Å². The molecule has 1 atom stereocenters. The van der Waals surface area contributed by atoms with Crippen LogP contribution in [0.15, 0.2) is 12.4 Å². The van der Waals surface area contributed by atoms with Crippen LogP contribution in [0.4, 0.5) is 0 Å². The summed E-state index contributed by atoms with van der Waals surface area (Å²) >= 11 is 0. The molecular weight excluding hydrogens is 202 g/mol. The first-order valence-electron chi connectivity index (χ1n) is 6.12. The maximum Gasteiger partial charge on any atom is 0.122 e. The van der Waals surface area contributed by atoms with Gasteiger partial charge < -0.3 is 15.0 Å². The zero-order chi connectivity index (χ0) is 11.8.